The van der Waals surface area contributed by atoms with Crippen molar-refractivity contribution in [2.24, 2.45) is 10.3 Å². The van der Waals surface area contributed by atoms with Crippen LogP contribution in [0, 0.1) is 0 Å². The van der Waals surface area contributed by atoms with Gasteiger partial charge in [-0.3, -0.25) is 0 Å². The molecule has 0 radical (unpaired) electrons. The standard InChI is InChI=1S/C16H16ClN3O2/c1-20(16(19-21)13-5-7-14(17)8-6-13)18-11-12-3-9-15(22-2)10-4-12/h3-11,21H,1-2H3/b18-11+,19-16+. The van der Waals surface area contributed by atoms with Crippen molar-refractivity contribution in [3.8, 4) is 5.75 Å². The van der Waals surface area contributed by atoms with Crippen LogP contribution in [0.1, 0.15) is 11.1 Å². The Balaban J connectivity index is 2.13. The monoisotopic (exact) mass is 317 g/mol. The Morgan fingerprint density at radius 1 is 1.14 bits per heavy atom. The van der Waals surface area contributed by atoms with Gasteiger partial charge in [-0.25, -0.2) is 5.01 Å². The number of halogens is 1. The third-order valence-corrected chi connectivity index (χ3v) is 3.25. The van der Waals surface area contributed by atoms with Gasteiger partial charge in [-0.2, -0.15) is 5.10 Å². The summed E-state index contributed by atoms with van der Waals surface area (Å²) in [6.45, 7) is 0. The number of hydrazone groups is 1. The second-order valence-corrected chi connectivity index (χ2v) is 4.91. The number of methoxy groups -OCH3 is 1. The van der Waals surface area contributed by atoms with Crippen molar-refractivity contribution in [2.75, 3.05) is 14.2 Å². The Morgan fingerprint density at radius 3 is 2.32 bits per heavy atom. The lowest BCUT2D eigenvalue weighted by molar-refractivity contribution is 0.308. The number of rotatable bonds is 4. The van der Waals surface area contributed by atoms with Gasteiger partial charge >= 0.3 is 0 Å². The van der Waals surface area contributed by atoms with Gasteiger partial charge in [-0.1, -0.05) is 16.8 Å². The highest BCUT2D eigenvalue weighted by Gasteiger charge is 2.09. The number of hydrogen-bond acceptors (Lipinski definition) is 4. The maximum atomic E-state index is 9.21. The van der Waals surface area contributed by atoms with Crippen LogP contribution in [0.15, 0.2) is 58.8 Å². The number of oxime groups is 1. The second-order valence-electron chi connectivity index (χ2n) is 4.47. The molecule has 6 heteroatoms. The summed E-state index contributed by atoms with van der Waals surface area (Å²) >= 11 is 5.85. The van der Waals surface area contributed by atoms with Crippen molar-refractivity contribution in [3.05, 3.63) is 64.7 Å². The Labute approximate surface area is 134 Å². The third kappa shape index (κ3) is 3.99. The fraction of sp³-hybridized carbons (Fsp3) is 0.125. The molecule has 5 nitrogen and oxygen atoms in total. The zero-order valence-electron chi connectivity index (χ0n) is 12.3. The molecule has 0 unspecified atom stereocenters. The fourth-order valence-electron chi connectivity index (χ4n) is 1.81. The van der Waals surface area contributed by atoms with Gasteiger partial charge in [0.1, 0.15) is 5.75 Å². The summed E-state index contributed by atoms with van der Waals surface area (Å²) in [5.74, 6) is 1.10. The van der Waals surface area contributed by atoms with Crippen molar-refractivity contribution < 1.29 is 9.94 Å². The molecule has 0 fully saturated rings. The Morgan fingerprint density at radius 2 is 1.77 bits per heavy atom. The van der Waals surface area contributed by atoms with E-state index in [1.807, 2.05) is 24.3 Å². The normalized spacial score (nSPS) is 11.7. The first-order chi connectivity index (χ1) is 10.6. The van der Waals surface area contributed by atoms with Crippen molar-refractivity contribution in [3.63, 3.8) is 0 Å². The molecule has 0 aromatic heterocycles. The molecule has 0 spiro atoms. The highest BCUT2D eigenvalue weighted by molar-refractivity contribution is 6.30. The number of nitrogens with zero attached hydrogens (tertiary/aromatic N) is 3. The van der Waals surface area contributed by atoms with Crippen molar-refractivity contribution in [1.29, 1.82) is 0 Å². The first-order valence-corrected chi connectivity index (χ1v) is 6.91. The van der Waals surface area contributed by atoms with E-state index in [4.69, 9.17) is 16.3 Å². The highest BCUT2D eigenvalue weighted by Crippen LogP contribution is 2.13. The van der Waals surface area contributed by atoms with Gasteiger partial charge in [0.05, 0.1) is 13.3 Å². The summed E-state index contributed by atoms with van der Waals surface area (Å²) in [5, 5.41) is 18.9. The van der Waals surface area contributed by atoms with Crippen molar-refractivity contribution in [1.82, 2.24) is 5.01 Å². The van der Waals surface area contributed by atoms with E-state index in [0.717, 1.165) is 11.3 Å². The zero-order chi connectivity index (χ0) is 15.9. The van der Waals surface area contributed by atoms with Crippen LogP contribution in [0.5, 0.6) is 5.75 Å². The van der Waals surface area contributed by atoms with Gasteiger partial charge in [0, 0.05) is 17.6 Å². The lowest BCUT2D eigenvalue weighted by Gasteiger charge is -2.14. The van der Waals surface area contributed by atoms with Crippen LogP contribution in [-0.2, 0) is 0 Å². The molecular formula is C16H16ClN3O2. The maximum absolute atomic E-state index is 9.21. The predicted octanol–water partition coefficient (Wildman–Crippen LogP) is 3.45. The van der Waals surface area contributed by atoms with E-state index >= 15 is 0 Å². The van der Waals surface area contributed by atoms with Crippen LogP contribution in [0.4, 0.5) is 0 Å². The van der Waals surface area contributed by atoms with E-state index in [1.54, 1.807) is 44.6 Å². The van der Waals surface area contributed by atoms with Gasteiger partial charge in [-0.05, 0) is 54.1 Å². The quantitative estimate of drug-likeness (QED) is 0.407. The Hall–Kier alpha value is -2.53. The molecule has 2 aromatic carbocycles. The first kappa shape index (κ1) is 15.9. The summed E-state index contributed by atoms with van der Waals surface area (Å²) in [6, 6.07) is 14.4. The zero-order valence-corrected chi connectivity index (χ0v) is 13.0. The minimum atomic E-state index is 0.321. The van der Waals surface area contributed by atoms with E-state index in [0.29, 0.717) is 16.4 Å². The molecule has 1 N–H and O–H groups in total. The average Bonchev–Trinajstić information content (AvgIpc) is 2.56. The highest BCUT2D eigenvalue weighted by atomic mass is 35.5. The molecule has 0 aliphatic carbocycles. The molecule has 2 aromatic rings. The molecule has 0 aliphatic rings. The molecule has 0 bridgehead atoms. The van der Waals surface area contributed by atoms with Crippen LogP contribution < -0.4 is 4.74 Å². The summed E-state index contributed by atoms with van der Waals surface area (Å²) in [6.07, 6.45) is 1.67. The molecule has 114 valence electrons. The number of amidine groups is 1. The SMILES string of the molecule is COc1ccc(/C=N/N(C)/C(=N/O)c2ccc(Cl)cc2)cc1. The molecule has 0 amide bonds. The van der Waals surface area contributed by atoms with E-state index in [2.05, 4.69) is 10.3 Å². The summed E-state index contributed by atoms with van der Waals surface area (Å²) < 4.78 is 5.10. The fourth-order valence-corrected chi connectivity index (χ4v) is 1.93. The first-order valence-electron chi connectivity index (χ1n) is 6.54. The van der Waals surface area contributed by atoms with Gasteiger partial charge in [-0.15, -0.1) is 0 Å². The van der Waals surface area contributed by atoms with Gasteiger partial charge in [0.15, 0.2) is 5.84 Å². The molecule has 0 saturated carbocycles. The van der Waals surface area contributed by atoms with Crippen LogP contribution in [0.3, 0.4) is 0 Å². The smallest absolute Gasteiger partial charge is 0.195 e. The van der Waals surface area contributed by atoms with E-state index in [1.165, 1.54) is 5.01 Å². The molecule has 2 rings (SSSR count). The Kier molecular flexibility index (Phi) is 5.38. The topological polar surface area (TPSA) is 57.4 Å². The molecule has 22 heavy (non-hydrogen) atoms. The van der Waals surface area contributed by atoms with Crippen LogP contribution in [0.25, 0.3) is 0 Å². The molecule has 0 aliphatic heterocycles. The number of ether oxygens (including phenoxy) is 1. The van der Waals surface area contributed by atoms with Gasteiger partial charge in [0.25, 0.3) is 0 Å². The van der Waals surface area contributed by atoms with E-state index in [-0.39, 0.29) is 0 Å². The lowest BCUT2D eigenvalue weighted by Crippen LogP contribution is -2.22. The van der Waals surface area contributed by atoms with Crippen LogP contribution in [0.2, 0.25) is 5.02 Å². The number of benzene rings is 2. The van der Waals surface area contributed by atoms with Crippen molar-refractivity contribution >= 4 is 23.7 Å². The molecule has 0 atom stereocenters. The number of hydrogen-bond donors (Lipinski definition) is 1. The Bertz CT molecular complexity index is 667. The molecular weight excluding hydrogens is 302 g/mol. The van der Waals surface area contributed by atoms with Crippen LogP contribution in [-0.4, -0.2) is 36.4 Å². The average molecular weight is 318 g/mol. The minimum absolute atomic E-state index is 0.321. The third-order valence-electron chi connectivity index (χ3n) is 3.00. The summed E-state index contributed by atoms with van der Waals surface area (Å²) in [7, 11) is 3.32. The second kappa shape index (κ2) is 7.47. The van der Waals surface area contributed by atoms with E-state index < -0.39 is 0 Å². The van der Waals surface area contributed by atoms with Gasteiger partial charge < -0.3 is 9.94 Å². The molecule has 0 saturated heterocycles. The van der Waals surface area contributed by atoms with E-state index in [9.17, 15) is 5.21 Å². The predicted molar refractivity (Wildman–Crippen MR) is 88.1 cm³/mol. The minimum Gasteiger partial charge on any atom is -0.497 e. The van der Waals surface area contributed by atoms with Gasteiger partial charge in [0.2, 0.25) is 0 Å². The molecule has 0 heterocycles. The summed E-state index contributed by atoms with van der Waals surface area (Å²) in [5.41, 5.74) is 1.61. The van der Waals surface area contributed by atoms with Crippen molar-refractivity contribution in [2.45, 2.75) is 0 Å². The summed E-state index contributed by atoms with van der Waals surface area (Å²) in [4.78, 5) is 0. The maximum Gasteiger partial charge on any atom is 0.195 e. The van der Waals surface area contributed by atoms with Crippen LogP contribution >= 0.6 is 11.6 Å². The lowest BCUT2D eigenvalue weighted by atomic mass is 10.2. The largest absolute Gasteiger partial charge is 0.497 e.